The van der Waals surface area contributed by atoms with Gasteiger partial charge in [0.1, 0.15) is 10.6 Å². The number of thiazole rings is 1. The molecule has 0 saturated heterocycles. The van der Waals surface area contributed by atoms with Crippen molar-refractivity contribution in [2.24, 2.45) is 5.41 Å². The Kier molecular flexibility index (Phi) is 3.60. The predicted octanol–water partition coefficient (Wildman–Crippen LogP) is 3.79. The molecule has 0 unspecified atom stereocenters. The second kappa shape index (κ2) is 4.74. The second-order valence-electron chi connectivity index (χ2n) is 5.95. The van der Waals surface area contributed by atoms with Crippen molar-refractivity contribution in [3.63, 3.8) is 0 Å². The summed E-state index contributed by atoms with van der Waals surface area (Å²) in [7, 11) is 1.76. The number of rotatable bonds is 3. The third-order valence-corrected chi connectivity index (χ3v) is 5.33. The number of aromatic nitrogens is 1. The van der Waals surface area contributed by atoms with Gasteiger partial charge >= 0.3 is 0 Å². The van der Waals surface area contributed by atoms with Gasteiger partial charge in [-0.3, -0.25) is 4.79 Å². The molecule has 0 spiro atoms. The number of ether oxygens (including phenoxy) is 1. The molecule has 1 aromatic rings. The first-order valence-corrected chi connectivity index (χ1v) is 7.23. The van der Waals surface area contributed by atoms with Crippen LogP contribution in [0.25, 0.3) is 0 Å². The third kappa shape index (κ3) is 2.50. The molecule has 0 atom stereocenters. The lowest BCUT2D eigenvalue weighted by Crippen LogP contribution is -2.36. The zero-order valence-corrected chi connectivity index (χ0v) is 12.4. The first-order chi connectivity index (χ1) is 8.38. The van der Waals surface area contributed by atoms with E-state index in [0.29, 0.717) is 5.41 Å². The summed E-state index contributed by atoms with van der Waals surface area (Å²) >= 11 is 1.49. The van der Waals surface area contributed by atoms with Gasteiger partial charge in [-0.2, -0.15) is 0 Å². The molecule has 4 heteroatoms. The molecule has 1 aromatic heterocycles. The minimum absolute atomic E-state index is 0.0844. The average Bonchev–Trinajstić information content (AvgIpc) is 2.80. The summed E-state index contributed by atoms with van der Waals surface area (Å²) in [5.41, 5.74) is 0.122. The summed E-state index contributed by atoms with van der Waals surface area (Å²) in [6.07, 6.45) is 5.93. The molecule has 18 heavy (non-hydrogen) atoms. The molecule has 0 N–H and O–H groups in total. The molecule has 1 heterocycles. The number of Topliss-reactive ketones (excluding diaryl/α,β-unsaturated/α-hetero) is 1. The van der Waals surface area contributed by atoms with Gasteiger partial charge in [-0.25, -0.2) is 4.98 Å². The number of hydrogen-bond acceptors (Lipinski definition) is 4. The summed E-state index contributed by atoms with van der Waals surface area (Å²) in [5.74, 6) is 0.0844. The van der Waals surface area contributed by atoms with Gasteiger partial charge in [0.15, 0.2) is 5.78 Å². The highest BCUT2D eigenvalue weighted by Gasteiger charge is 2.42. The molecule has 1 aliphatic carbocycles. The maximum Gasteiger partial charge on any atom is 0.171 e. The predicted molar refractivity (Wildman–Crippen MR) is 73.1 cm³/mol. The number of hydrogen-bond donors (Lipinski definition) is 0. The van der Waals surface area contributed by atoms with E-state index in [4.69, 9.17) is 4.74 Å². The molecular formula is C14H21NO2S. The second-order valence-corrected chi connectivity index (χ2v) is 6.98. The number of ketones is 1. The van der Waals surface area contributed by atoms with Crippen LogP contribution in [0.3, 0.4) is 0 Å². The van der Waals surface area contributed by atoms with Crippen LogP contribution in [0.15, 0.2) is 6.20 Å². The molecule has 0 amide bonds. The Morgan fingerprint density at radius 2 is 1.94 bits per heavy atom. The van der Waals surface area contributed by atoms with E-state index in [1.807, 2.05) is 0 Å². The van der Waals surface area contributed by atoms with E-state index < -0.39 is 0 Å². The summed E-state index contributed by atoms with van der Waals surface area (Å²) < 4.78 is 5.79. The highest BCUT2D eigenvalue weighted by molar-refractivity contribution is 7.13. The van der Waals surface area contributed by atoms with Gasteiger partial charge in [-0.05, 0) is 31.1 Å². The molecule has 0 aromatic carbocycles. The summed E-state index contributed by atoms with van der Waals surface area (Å²) in [6.45, 7) is 6.19. The largest absolute Gasteiger partial charge is 0.371 e. The Hall–Kier alpha value is -0.740. The fraction of sp³-hybridized carbons (Fsp3) is 0.714. The van der Waals surface area contributed by atoms with Crippen LogP contribution >= 0.6 is 11.3 Å². The van der Waals surface area contributed by atoms with Crippen molar-refractivity contribution in [1.29, 1.82) is 0 Å². The van der Waals surface area contributed by atoms with E-state index >= 15 is 0 Å². The molecule has 2 rings (SSSR count). The van der Waals surface area contributed by atoms with Crippen molar-refractivity contribution >= 4 is 17.1 Å². The highest BCUT2D eigenvalue weighted by Crippen LogP contribution is 2.47. The monoisotopic (exact) mass is 267 g/mol. The Labute approximate surface area is 113 Å². The van der Waals surface area contributed by atoms with Gasteiger partial charge in [0.25, 0.3) is 0 Å². The molecule has 1 fully saturated rings. The van der Waals surface area contributed by atoms with Crippen LogP contribution < -0.4 is 0 Å². The maximum atomic E-state index is 11.4. The fourth-order valence-electron chi connectivity index (χ4n) is 2.48. The van der Waals surface area contributed by atoms with E-state index in [9.17, 15) is 4.79 Å². The van der Waals surface area contributed by atoms with Crippen molar-refractivity contribution in [1.82, 2.24) is 4.98 Å². The topological polar surface area (TPSA) is 39.2 Å². The van der Waals surface area contributed by atoms with E-state index in [1.165, 1.54) is 11.3 Å². The highest BCUT2D eigenvalue weighted by atomic mass is 32.1. The Morgan fingerprint density at radius 1 is 1.33 bits per heavy atom. The smallest absolute Gasteiger partial charge is 0.171 e. The molecule has 1 saturated carbocycles. The minimum Gasteiger partial charge on any atom is -0.371 e. The zero-order valence-electron chi connectivity index (χ0n) is 11.6. The standard InChI is InChI=1S/C14H21NO2S/c1-10(16)11-9-15-12(18-11)14(17-4)7-5-13(2,3)6-8-14/h9H,5-8H2,1-4H3. The van der Waals surface area contributed by atoms with Gasteiger partial charge in [-0.15, -0.1) is 11.3 Å². The fourth-order valence-corrected chi connectivity index (χ4v) is 3.52. The van der Waals surface area contributed by atoms with Crippen LogP contribution in [0.2, 0.25) is 0 Å². The summed E-state index contributed by atoms with van der Waals surface area (Å²) in [6, 6.07) is 0. The van der Waals surface area contributed by atoms with Gasteiger partial charge in [0.05, 0.1) is 4.88 Å². The van der Waals surface area contributed by atoms with Crippen LogP contribution in [-0.4, -0.2) is 17.9 Å². The number of methoxy groups -OCH3 is 1. The Morgan fingerprint density at radius 3 is 2.39 bits per heavy atom. The Balaban J connectivity index is 2.25. The quantitative estimate of drug-likeness (QED) is 0.782. The van der Waals surface area contributed by atoms with Crippen LogP contribution in [0.4, 0.5) is 0 Å². The van der Waals surface area contributed by atoms with Gasteiger partial charge in [0.2, 0.25) is 0 Å². The molecule has 0 bridgehead atoms. The third-order valence-electron chi connectivity index (χ3n) is 4.04. The van der Waals surface area contributed by atoms with Crippen molar-refractivity contribution in [3.8, 4) is 0 Å². The van der Waals surface area contributed by atoms with Crippen LogP contribution in [0.5, 0.6) is 0 Å². The number of carbonyl (C=O) groups excluding carboxylic acids is 1. The zero-order chi connectivity index (χ0) is 13.4. The van der Waals surface area contributed by atoms with Gasteiger partial charge < -0.3 is 4.74 Å². The van der Waals surface area contributed by atoms with E-state index in [-0.39, 0.29) is 11.4 Å². The van der Waals surface area contributed by atoms with Gasteiger partial charge in [-0.1, -0.05) is 13.8 Å². The average molecular weight is 267 g/mol. The maximum absolute atomic E-state index is 11.4. The van der Waals surface area contributed by atoms with Crippen molar-refractivity contribution in [2.75, 3.05) is 7.11 Å². The minimum atomic E-state index is -0.270. The van der Waals surface area contributed by atoms with E-state index in [0.717, 1.165) is 35.6 Å². The van der Waals surface area contributed by atoms with Crippen LogP contribution in [0.1, 0.15) is 61.1 Å². The molecule has 1 aliphatic rings. The van der Waals surface area contributed by atoms with Crippen LogP contribution in [0, 0.1) is 5.41 Å². The normalized spacial score (nSPS) is 21.8. The molecular weight excluding hydrogens is 246 g/mol. The lowest BCUT2D eigenvalue weighted by atomic mass is 9.71. The lowest BCUT2D eigenvalue weighted by Gasteiger charge is -2.41. The summed E-state index contributed by atoms with van der Waals surface area (Å²) in [4.78, 5) is 16.5. The first-order valence-electron chi connectivity index (χ1n) is 6.41. The molecule has 100 valence electrons. The SMILES string of the molecule is COC1(c2ncc(C(C)=O)s2)CCC(C)(C)CC1. The van der Waals surface area contributed by atoms with Crippen molar-refractivity contribution in [2.45, 2.75) is 52.1 Å². The lowest BCUT2D eigenvalue weighted by molar-refractivity contribution is -0.0667. The molecule has 0 radical (unpaired) electrons. The van der Waals surface area contributed by atoms with Crippen LogP contribution in [-0.2, 0) is 10.3 Å². The van der Waals surface area contributed by atoms with E-state index in [1.54, 1.807) is 20.2 Å². The molecule has 3 nitrogen and oxygen atoms in total. The summed E-state index contributed by atoms with van der Waals surface area (Å²) in [5, 5.41) is 0.964. The van der Waals surface area contributed by atoms with E-state index in [2.05, 4.69) is 18.8 Å². The van der Waals surface area contributed by atoms with Crippen molar-refractivity contribution in [3.05, 3.63) is 16.1 Å². The number of carbonyl (C=O) groups is 1. The number of nitrogens with zero attached hydrogens (tertiary/aromatic N) is 1. The van der Waals surface area contributed by atoms with Crippen molar-refractivity contribution < 1.29 is 9.53 Å². The first kappa shape index (κ1) is 13.7. The van der Waals surface area contributed by atoms with Gasteiger partial charge in [0, 0.05) is 20.2 Å². The Bertz CT molecular complexity index is 440. The molecule has 0 aliphatic heterocycles.